The van der Waals surface area contributed by atoms with E-state index in [-0.39, 0.29) is 10.6 Å². The highest BCUT2D eigenvalue weighted by atomic mass is 79.9. The van der Waals surface area contributed by atoms with Crippen molar-refractivity contribution < 1.29 is 12.6 Å². The van der Waals surface area contributed by atoms with E-state index in [1.807, 2.05) is 32.0 Å². The van der Waals surface area contributed by atoms with E-state index in [2.05, 4.69) is 20.9 Å². The zero-order chi connectivity index (χ0) is 20.3. The predicted octanol–water partition coefficient (Wildman–Crippen LogP) is 6.24. The van der Waals surface area contributed by atoms with Crippen molar-refractivity contribution in [2.24, 2.45) is 4.99 Å². The van der Waals surface area contributed by atoms with Gasteiger partial charge in [-0.1, -0.05) is 45.2 Å². The fraction of sp³-hybridized carbons (Fsp3) is 0.0952. The maximum absolute atomic E-state index is 12.6. The van der Waals surface area contributed by atoms with E-state index >= 15 is 0 Å². The highest BCUT2D eigenvalue weighted by Gasteiger charge is 2.18. The quantitative estimate of drug-likeness (QED) is 0.322. The molecule has 7 heteroatoms. The number of rotatable bonds is 5. The molecule has 0 aliphatic heterocycles. The Morgan fingerprint density at radius 3 is 2.39 bits per heavy atom. The van der Waals surface area contributed by atoms with E-state index in [1.54, 1.807) is 24.4 Å². The van der Waals surface area contributed by atoms with Crippen LogP contribution in [-0.2, 0) is 10.1 Å². The van der Waals surface area contributed by atoms with Gasteiger partial charge in [0.1, 0.15) is 4.90 Å². The lowest BCUT2D eigenvalue weighted by atomic mass is 10.1. The third-order valence-corrected chi connectivity index (χ3v) is 5.96. The van der Waals surface area contributed by atoms with Gasteiger partial charge in [-0.2, -0.15) is 8.42 Å². The second-order valence-electron chi connectivity index (χ2n) is 6.22. The van der Waals surface area contributed by atoms with Crippen molar-refractivity contribution in [3.63, 3.8) is 0 Å². The van der Waals surface area contributed by atoms with E-state index in [1.165, 1.54) is 24.3 Å². The predicted molar refractivity (Wildman–Crippen MR) is 117 cm³/mol. The Morgan fingerprint density at radius 1 is 1.00 bits per heavy atom. The maximum Gasteiger partial charge on any atom is 0.339 e. The van der Waals surface area contributed by atoms with Crippen LogP contribution in [0.5, 0.6) is 5.75 Å². The normalized spacial score (nSPS) is 11.7. The van der Waals surface area contributed by atoms with Crippen LogP contribution < -0.4 is 4.18 Å². The van der Waals surface area contributed by atoms with Crippen LogP contribution >= 0.6 is 27.5 Å². The summed E-state index contributed by atoms with van der Waals surface area (Å²) in [6, 6.07) is 16.8. The lowest BCUT2D eigenvalue weighted by Crippen LogP contribution is -2.10. The zero-order valence-electron chi connectivity index (χ0n) is 15.2. The van der Waals surface area contributed by atoms with Crippen molar-refractivity contribution in [2.45, 2.75) is 18.7 Å². The summed E-state index contributed by atoms with van der Waals surface area (Å²) in [7, 11) is -4.00. The van der Waals surface area contributed by atoms with Gasteiger partial charge in [0.15, 0.2) is 5.75 Å². The highest BCUT2D eigenvalue weighted by molar-refractivity contribution is 9.10. The van der Waals surface area contributed by atoms with Gasteiger partial charge in [0.05, 0.1) is 5.69 Å². The SMILES string of the molecule is Cc1ccc(N=Cc2cc(Br)ccc2OS(=O)(=O)c2ccc(Cl)cc2)c(C)c1. The average Bonchev–Trinajstić information content (AvgIpc) is 2.63. The molecule has 0 aliphatic carbocycles. The first-order valence-electron chi connectivity index (χ1n) is 8.35. The fourth-order valence-electron chi connectivity index (χ4n) is 2.55. The molecule has 0 aliphatic rings. The van der Waals surface area contributed by atoms with Crippen molar-refractivity contribution in [2.75, 3.05) is 0 Å². The van der Waals surface area contributed by atoms with E-state index in [4.69, 9.17) is 15.8 Å². The van der Waals surface area contributed by atoms with Gasteiger partial charge in [0, 0.05) is 21.3 Å². The summed E-state index contributed by atoms with van der Waals surface area (Å²) in [6.07, 6.45) is 1.59. The number of halogens is 2. The Kier molecular flexibility index (Phi) is 6.23. The van der Waals surface area contributed by atoms with Gasteiger partial charge < -0.3 is 4.18 Å². The van der Waals surface area contributed by atoms with E-state index in [9.17, 15) is 8.42 Å². The molecular weight excluding hydrogens is 462 g/mol. The largest absolute Gasteiger partial charge is 0.378 e. The number of benzene rings is 3. The molecule has 0 spiro atoms. The second kappa shape index (κ2) is 8.47. The van der Waals surface area contributed by atoms with E-state index in [0.29, 0.717) is 10.6 Å². The molecule has 4 nitrogen and oxygen atoms in total. The van der Waals surface area contributed by atoms with Gasteiger partial charge in [-0.25, -0.2) is 0 Å². The number of aliphatic imine (C=N–C) groups is 1. The number of hydrogen-bond donors (Lipinski definition) is 0. The van der Waals surface area contributed by atoms with Gasteiger partial charge in [-0.3, -0.25) is 4.99 Å². The van der Waals surface area contributed by atoms with Crippen LogP contribution in [-0.4, -0.2) is 14.6 Å². The van der Waals surface area contributed by atoms with Crippen LogP contribution in [0.1, 0.15) is 16.7 Å². The summed E-state index contributed by atoms with van der Waals surface area (Å²) in [5, 5.41) is 0.448. The average molecular weight is 479 g/mol. The van der Waals surface area contributed by atoms with Crippen molar-refractivity contribution >= 4 is 49.6 Å². The minimum absolute atomic E-state index is 0.0251. The molecule has 28 heavy (non-hydrogen) atoms. The smallest absolute Gasteiger partial charge is 0.339 e. The molecule has 0 bridgehead atoms. The molecule has 0 aromatic heterocycles. The molecule has 0 unspecified atom stereocenters. The Morgan fingerprint density at radius 2 is 1.71 bits per heavy atom. The summed E-state index contributed by atoms with van der Waals surface area (Å²) >= 11 is 9.23. The monoisotopic (exact) mass is 477 g/mol. The van der Waals surface area contributed by atoms with Crippen molar-refractivity contribution in [3.05, 3.63) is 86.8 Å². The molecule has 3 aromatic carbocycles. The Balaban J connectivity index is 1.94. The molecule has 0 saturated heterocycles. The minimum atomic E-state index is -4.00. The highest BCUT2D eigenvalue weighted by Crippen LogP contribution is 2.27. The standard InChI is InChI=1S/C21H17BrClNO3S/c1-14-3-9-20(15(2)11-14)24-13-16-12-17(22)4-10-21(16)27-28(25,26)19-7-5-18(23)6-8-19/h3-13H,1-2H3. The van der Waals surface area contributed by atoms with Gasteiger partial charge in [-0.05, 0) is 67.9 Å². The first-order chi connectivity index (χ1) is 13.2. The van der Waals surface area contributed by atoms with Crippen molar-refractivity contribution in [3.8, 4) is 5.75 Å². The van der Waals surface area contributed by atoms with Gasteiger partial charge in [0.25, 0.3) is 0 Å². The Bertz CT molecular complexity index is 1140. The summed E-state index contributed by atoms with van der Waals surface area (Å²) < 4.78 is 31.3. The summed E-state index contributed by atoms with van der Waals surface area (Å²) in [5.74, 6) is 0.187. The lowest BCUT2D eigenvalue weighted by Gasteiger charge is -2.10. The summed E-state index contributed by atoms with van der Waals surface area (Å²) in [4.78, 5) is 4.52. The second-order valence-corrected chi connectivity index (χ2v) is 9.12. The Hall–Kier alpha value is -2.15. The van der Waals surface area contributed by atoms with Crippen molar-refractivity contribution in [1.29, 1.82) is 0 Å². The van der Waals surface area contributed by atoms with Gasteiger partial charge >= 0.3 is 10.1 Å². The summed E-state index contributed by atoms with van der Waals surface area (Å²) in [6.45, 7) is 3.99. The van der Waals surface area contributed by atoms with Gasteiger partial charge in [-0.15, -0.1) is 0 Å². The molecule has 144 valence electrons. The van der Waals surface area contributed by atoms with E-state index < -0.39 is 10.1 Å². The first-order valence-corrected chi connectivity index (χ1v) is 10.9. The number of aryl methyl sites for hydroxylation is 2. The van der Waals surface area contributed by atoms with Crippen molar-refractivity contribution in [1.82, 2.24) is 0 Å². The lowest BCUT2D eigenvalue weighted by molar-refractivity contribution is 0.485. The minimum Gasteiger partial charge on any atom is -0.378 e. The third-order valence-electron chi connectivity index (χ3n) is 3.97. The molecule has 0 atom stereocenters. The van der Waals surface area contributed by atoms with Crippen LogP contribution in [0.25, 0.3) is 0 Å². The maximum atomic E-state index is 12.6. The third kappa shape index (κ3) is 5.01. The fourth-order valence-corrected chi connectivity index (χ4v) is 4.01. The number of hydrogen-bond acceptors (Lipinski definition) is 4. The Labute approximate surface area is 178 Å². The van der Waals surface area contributed by atoms with Crippen LogP contribution in [0.2, 0.25) is 5.02 Å². The first kappa shape index (κ1) is 20.6. The molecule has 3 rings (SSSR count). The summed E-state index contributed by atoms with van der Waals surface area (Å²) in [5.41, 5.74) is 3.52. The molecule has 0 heterocycles. The molecule has 0 radical (unpaired) electrons. The molecular formula is C21H17BrClNO3S. The van der Waals surface area contributed by atoms with Gasteiger partial charge in [0.2, 0.25) is 0 Å². The number of nitrogens with zero attached hydrogens (tertiary/aromatic N) is 1. The molecule has 0 N–H and O–H groups in total. The topological polar surface area (TPSA) is 55.7 Å². The molecule has 0 saturated carbocycles. The van der Waals surface area contributed by atoms with Crippen LogP contribution in [0.15, 0.2) is 75.0 Å². The molecule has 0 fully saturated rings. The van der Waals surface area contributed by atoms with Crippen LogP contribution in [0.4, 0.5) is 5.69 Å². The molecule has 0 amide bonds. The van der Waals surface area contributed by atoms with Crippen LogP contribution in [0.3, 0.4) is 0 Å². The van der Waals surface area contributed by atoms with Crippen LogP contribution in [0, 0.1) is 13.8 Å². The molecule has 3 aromatic rings. The van der Waals surface area contributed by atoms with E-state index in [0.717, 1.165) is 21.3 Å². The zero-order valence-corrected chi connectivity index (χ0v) is 18.3.